The second-order valence-corrected chi connectivity index (χ2v) is 10.1. The number of carbonyl (C=O) groups excluding carboxylic acids is 1. The van der Waals surface area contributed by atoms with E-state index in [0.717, 1.165) is 44.9 Å². The smallest absolute Gasteiger partial charge is 0.139 e. The Kier molecular flexibility index (Phi) is 3.11. The third kappa shape index (κ3) is 1.94. The Labute approximate surface area is 140 Å². The van der Waals surface area contributed by atoms with Crippen molar-refractivity contribution in [2.75, 3.05) is 0 Å². The molecule has 3 fully saturated rings. The molecular formula is C21H32O2. The van der Waals surface area contributed by atoms with Crippen LogP contribution < -0.4 is 0 Å². The Morgan fingerprint density at radius 1 is 1.00 bits per heavy atom. The van der Waals surface area contributed by atoms with Crippen LogP contribution in [0.5, 0.6) is 0 Å². The van der Waals surface area contributed by atoms with Crippen molar-refractivity contribution in [3.63, 3.8) is 0 Å². The van der Waals surface area contributed by atoms with Crippen LogP contribution in [0.15, 0.2) is 11.6 Å². The molecular weight excluding hydrogens is 284 g/mol. The van der Waals surface area contributed by atoms with Gasteiger partial charge in [-0.15, -0.1) is 0 Å². The van der Waals surface area contributed by atoms with Crippen molar-refractivity contribution < 1.29 is 9.90 Å². The van der Waals surface area contributed by atoms with Gasteiger partial charge in [0.1, 0.15) is 5.78 Å². The molecule has 0 spiro atoms. The molecule has 0 radical (unpaired) electrons. The molecule has 3 saturated carbocycles. The lowest BCUT2D eigenvalue weighted by Crippen LogP contribution is -2.56. The fraction of sp³-hybridized carbons (Fsp3) is 0.857. The van der Waals surface area contributed by atoms with Crippen molar-refractivity contribution >= 4 is 5.78 Å². The van der Waals surface area contributed by atoms with Gasteiger partial charge in [0.2, 0.25) is 0 Å². The maximum absolute atomic E-state index is 12.5. The van der Waals surface area contributed by atoms with Gasteiger partial charge >= 0.3 is 0 Å². The molecule has 0 aromatic rings. The Bertz CT molecular complexity index is 589. The average Bonchev–Trinajstić information content (AvgIpc) is 2.77. The van der Waals surface area contributed by atoms with Gasteiger partial charge in [-0.25, -0.2) is 0 Å². The molecule has 2 nitrogen and oxygen atoms in total. The topological polar surface area (TPSA) is 37.3 Å². The zero-order valence-corrected chi connectivity index (χ0v) is 15.2. The molecule has 0 bridgehead atoms. The first-order chi connectivity index (χ1) is 10.6. The molecule has 0 saturated heterocycles. The summed E-state index contributed by atoms with van der Waals surface area (Å²) in [6, 6.07) is 0. The Balaban J connectivity index is 1.76. The van der Waals surface area contributed by atoms with Gasteiger partial charge in [0.25, 0.3) is 0 Å². The first kappa shape index (κ1) is 15.9. The maximum Gasteiger partial charge on any atom is 0.139 e. The van der Waals surface area contributed by atoms with Gasteiger partial charge < -0.3 is 5.11 Å². The SMILES string of the molecule is CC1(O)CCC2(C)C(=CCC3(C)C4CCC(=O)C4(C)CCC23)C1. The van der Waals surface area contributed by atoms with E-state index in [0.29, 0.717) is 17.6 Å². The fourth-order valence-electron chi connectivity index (χ4n) is 7.23. The number of aliphatic hydroxyl groups is 1. The standard InChI is InChI=1S/C21H32O2/c1-18(23)11-12-19(2)14(13-18)7-9-20(3)15-5-6-17(22)21(15,4)10-8-16(19)20/h7,15-16,23H,5-6,8-13H2,1-4H3. The minimum atomic E-state index is -0.522. The molecule has 0 amide bonds. The maximum atomic E-state index is 12.5. The summed E-state index contributed by atoms with van der Waals surface area (Å²) >= 11 is 0. The second-order valence-electron chi connectivity index (χ2n) is 10.1. The van der Waals surface area contributed by atoms with Crippen LogP contribution >= 0.6 is 0 Å². The van der Waals surface area contributed by atoms with Crippen molar-refractivity contribution in [2.45, 2.75) is 84.7 Å². The van der Waals surface area contributed by atoms with Crippen molar-refractivity contribution in [1.82, 2.24) is 0 Å². The van der Waals surface area contributed by atoms with Crippen molar-refractivity contribution in [1.29, 1.82) is 0 Å². The summed E-state index contributed by atoms with van der Waals surface area (Å²) in [6.45, 7) is 9.18. The van der Waals surface area contributed by atoms with E-state index in [1.165, 1.54) is 12.0 Å². The summed E-state index contributed by atoms with van der Waals surface area (Å²) in [7, 11) is 0. The van der Waals surface area contributed by atoms with Gasteiger partial charge in [-0.05, 0) is 74.5 Å². The molecule has 0 aliphatic heterocycles. The predicted octanol–water partition coefficient (Wildman–Crippen LogP) is 4.66. The summed E-state index contributed by atoms with van der Waals surface area (Å²) in [5.41, 5.74) is 1.42. The van der Waals surface area contributed by atoms with Gasteiger partial charge in [0.15, 0.2) is 0 Å². The molecule has 2 heteroatoms. The number of carbonyl (C=O) groups is 1. The van der Waals surface area contributed by atoms with E-state index in [1.54, 1.807) is 0 Å². The third-order valence-electron chi connectivity index (χ3n) is 8.66. The average molecular weight is 316 g/mol. The first-order valence-electron chi connectivity index (χ1n) is 9.57. The third-order valence-corrected chi connectivity index (χ3v) is 8.66. The molecule has 0 aromatic heterocycles. The van der Waals surface area contributed by atoms with Crippen LogP contribution in [0.2, 0.25) is 0 Å². The van der Waals surface area contributed by atoms with E-state index < -0.39 is 5.60 Å². The van der Waals surface area contributed by atoms with Crippen LogP contribution in [0.1, 0.15) is 79.1 Å². The predicted molar refractivity (Wildman–Crippen MR) is 92.0 cm³/mol. The van der Waals surface area contributed by atoms with Crippen LogP contribution in [0.3, 0.4) is 0 Å². The molecule has 23 heavy (non-hydrogen) atoms. The Hall–Kier alpha value is -0.630. The second kappa shape index (κ2) is 4.50. The van der Waals surface area contributed by atoms with Gasteiger partial charge in [-0.3, -0.25) is 4.79 Å². The van der Waals surface area contributed by atoms with E-state index in [2.05, 4.69) is 26.8 Å². The lowest BCUT2D eigenvalue weighted by atomic mass is 9.42. The minimum Gasteiger partial charge on any atom is -0.390 e. The lowest BCUT2D eigenvalue weighted by Gasteiger charge is -2.62. The molecule has 0 heterocycles. The Morgan fingerprint density at radius 2 is 1.70 bits per heavy atom. The zero-order valence-electron chi connectivity index (χ0n) is 15.2. The van der Waals surface area contributed by atoms with Gasteiger partial charge in [0.05, 0.1) is 5.60 Å². The molecule has 4 rings (SSSR count). The number of allylic oxidation sites excluding steroid dienone is 1. The fourth-order valence-corrected chi connectivity index (χ4v) is 7.23. The number of fused-ring (bicyclic) bond motifs is 5. The van der Waals surface area contributed by atoms with E-state index in [4.69, 9.17) is 0 Å². The van der Waals surface area contributed by atoms with Crippen LogP contribution in [-0.2, 0) is 4.79 Å². The van der Waals surface area contributed by atoms with E-state index in [1.807, 2.05) is 6.92 Å². The Morgan fingerprint density at radius 3 is 2.43 bits per heavy atom. The highest BCUT2D eigenvalue weighted by Crippen LogP contribution is 2.69. The zero-order chi connectivity index (χ0) is 16.7. The molecule has 6 atom stereocenters. The molecule has 0 aromatic carbocycles. The summed E-state index contributed by atoms with van der Waals surface area (Å²) < 4.78 is 0. The number of hydrogen-bond donors (Lipinski definition) is 1. The number of rotatable bonds is 0. The highest BCUT2D eigenvalue weighted by molar-refractivity contribution is 5.87. The normalized spacial score (nSPS) is 55.7. The molecule has 6 unspecified atom stereocenters. The number of Topliss-reactive ketones (excluding diaryl/α,β-unsaturated/α-hetero) is 1. The monoisotopic (exact) mass is 316 g/mol. The summed E-state index contributed by atoms with van der Waals surface area (Å²) in [5.74, 6) is 1.75. The summed E-state index contributed by atoms with van der Waals surface area (Å²) in [5, 5.41) is 10.5. The van der Waals surface area contributed by atoms with E-state index in [9.17, 15) is 9.90 Å². The van der Waals surface area contributed by atoms with Gasteiger partial charge in [-0.2, -0.15) is 0 Å². The van der Waals surface area contributed by atoms with Crippen molar-refractivity contribution in [3.8, 4) is 0 Å². The number of hydrogen-bond acceptors (Lipinski definition) is 2. The quantitative estimate of drug-likeness (QED) is 0.660. The van der Waals surface area contributed by atoms with E-state index in [-0.39, 0.29) is 16.2 Å². The first-order valence-corrected chi connectivity index (χ1v) is 9.57. The molecule has 4 aliphatic rings. The minimum absolute atomic E-state index is 0.0624. The van der Waals surface area contributed by atoms with Crippen LogP contribution in [0.4, 0.5) is 0 Å². The highest BCUT2D eigenvalue weighted by Gasteiger charge is 2.64. The van der Waals surface area contributed by atoms with E-state index >= 15 is 0 Å². The molecule has 4 aliphatic carbocycles. The largest absolute Gasteiger partial charge is 0.390 e. The summed E-state index contributed by atoms with van der Waals surface area (Å²) in [6.07, 6.45) is 10.6. The molecule has 128 valence electrons. The van der Waals surface area contributed by atoms with Crippen LogP contribution in [0, 0.1) is 28.1 Å². The van der Waals surface area contributed by atoms with Crippen LogP contribution in [-0.4, -0.2) is 16.5 Å². The van der Waals surface area contributed by atoms with Crippen LogP contribution in [0.25, 0.3) is 0 Å². The van der Waals surface area contributed by atoms with Gasteiger partial charge in [0, 0.05) is 11.8 Å². The highest BCUT2D eigenvalue weighted by atomic mass is 16.3. The number of ketones is 1. The lowest BCUT2D eigenvalue weighted by molar-refractivity contribution is -0.141. The van der Waals surface area contributed by atoms with Crippen molar-refractivity contribution in [2.24, 2.45) is 28.1 Å². The molecule has 1 N–H and O–H groups in total. The van der Waals surface area contributed by atoms with Gasteiger partial charge in [-0.1, -0.05) is 32.4 Å². The summed E-state index contributed by atoms with van der Waals surface area (Å²) in [4.78, 5) is 12.5. The van der Waals surface area contributed by atoms with Crippen molar-refractivity contribution in [3.05, 3.63) is 11.6 Å².